The van der Waals surface area contributed by atoms with Crippen molar-refractivity contribution in [3.8, 4) is 0 Å². The first kappa shape index (κ1) is 18.2. The lowest BCUT2D eigenvalue weighted by atomic mass is 9.96. The van der Waals surface area contributed by atoms with Gasteiger partial charge in [0.2, 0.25) is 0 Å². The quantitative estimate of drug-likeness (QED) is 0.318. The van der Waals surface area contributed by atoms with Gasteiger partial charge in [0.15, 0.2) is 5.96 Å². The maximum atomic E-state index is 5.03. The van der Waals surface area contributed by atoms with Crippen molar-refractivity contribution >= 4 is 29.9 Å². The first-order valence-corrected chi connectivity index (χ1v) is 7.25. The monoisotopic (exact) mass is 403 g/mol. The molecule has 5 heteroatoms. The molecule has 4 nitrogen and oxygen atoms in total. The van der Waals surface area contributed by atoms with Crippen LogP contribution in [0.2, 0.25) is 0 Å². The minimum Gasteiger partial charge on any atom is -0.383 e. The van der Waals surface area contributed by atoms with E-state index in [9.17, 15) is 0 Å². The van der Waals surface area contributed by atoms with Crippen LogP contribution in [-0.2, 0) is 11.2 Å². The van der Waals surface area contributed by atoms with Crippen molar-refractivity contribution < 1.29 is 4.74 Å². The van der Waals surface area contributed by atoms with Crippen molar-refractivity contribution in [1.82, 2.24) is 10.6 Å². The Balaban J connectivity index is 0.00000220. The van der Waals surface area contributed by atoms with Gasteiger partial charge in [-0.15, -0.1) is 24.0 Å². The van der Waals surface area contributed by atoms with Gasteiger partial charge in [0.25, 0.3) is 0 Å². The van der Waals surface area contributed by atoms with Crippen molar-refractivity contribution in [2.24, 2.45) is 10.4 Å². The van der Waals surface area contributed by atoms with E-state index in [1.165, 1.54) is 18.4 Å². The first-order valence-electron chi connectivity index (χ1n) is 7.25. The molecule has 0 heterocycles. The van der Waals surface area contributed by atoms with E-state index in [-0.39, 0.29) is 24.0 Å². The van der Waals surface area contributed by atoms with Crippen molar-refractivity contribution in [2.75, 3.05) is 33.9 Å². The predicted molar refractivity (Wildman–Crippen MR) is 98.5 cm³/mol. The van der Waals surface area contributed by atoms with E-state index in [4.69, 9.17) is 4.74 Å². The number of ether oxygens (including phenoxy) is 1. The normalized spacial score (nSPS) is 16.0. The zero-order valence-electron chi connectivity index (χ0n) is 12.9. The Kier molecular flexibility index (Phi) is 8.03. The van der Waals surface area contributed by atoms with Gasteiger partial charge in [-0.1, -0.05) is 30.3 Å². The molecule has 2 rings (SSSR count). The summed E-state index contributed by atoms with van der Waals surface area (Å²) in [6.45, 7) is 2.45. The fraction of sp³-hybridized carbons (Fsp3) is 0.562. The largest absolute Gasteiger partial charge is 0.383 e. The molecule has 1 aromatic carbocycles. The summed E-state index contributed by atoms with van der Waals surface area (Å²) < 4.78 is 5.03. The van der Waals surface area contributed by atoms with Gasteiger partial charge in [-0.25, -0.2) is 0 Å². The van der Waals surface area contributed by atoms with Crippen molar-refractivity contribution in [3.05, 3.63) is 35.9 Å². The molecule has 0 unspecified atom stereocenters. The van der Waals surface area contributed by atoms with Crippen LogP contribution in [0.3, 0.4) is 0 Å². The molecule has 1 aliphatic rings. The molecule has 2 N–H and O–H groups in total. The Morgan fingerprint density at radius 2 is 1.95 bits per heavy atom. The number of rotatable bonds is 7. The first-order chi connectivity index (χ1) is 9.78. The molecule has 0 aliphatic heterocycles. The minimum absolute atomic E-state index is 0. The molecule has 1 saturated carbocycles. The van der Waals surface area contributed by atoms with E-state index in [0.29, 0.717) is 12.0 Å². The van der Waals surface area contributed by atoms with Gasteiger partial charge in [0.05, 0.1) is 6.61 Å². The zero-order chi connectivity index (χ0) is 14.3. The number of nitrogens with zero attached hydrogens (tertiary/aromatic N) is 1. The lowest BCUT2D eigenvalue weighted by Crippen LogP contribution is -2.41. The van der Waals surface area contributed by atoms with E-state index in [1.54, 1.807) is 14.2 Å². The summed E-state index contributed by atoms with van der Waals surface area (Å²) in [5, 5.41) is 6.68. The van der Waals surface area contributed by atoms with Crippen molar-refractivity contribution in [3.63, 3.8) is 0 Å². The molecule has 0 saturated heterocycles. The van der Waals surface area contributed by atoms with E-state index >= 15 is 0 Å². The number of halogens is 1. The number of aliphatic imine (C=N–C) groups is 1. The van der Waals surface area contributed by atoms with Gasteiger partial charge >= 0.3 is 0 Å². The van der Waals surface area contributed by atoms with Crippen LogP contribution in [0, 0.1) is 5.41 Å². The number of benzene rings is 1. The second-order valence-corrected chi connectivity index (χ2v) is 5.51. The van der Waals surface area contributed by atoms with Crippen LogP contribution >= 0.6 is 24.0 Å². The number of hydrogen-bond donors (Lipinski definition) is 2. The molecule has 1 aromatic rings. The maximum Gasteiger partial charge on any atom is 0.191 e. The number of nitrogens with one attached hydrogen (secondary N) is 2. The summed E-state index contributed by atoms with van der Waals surface area (Å²) in [6.07, 6.45) is 3.74. The summed E-state index contributed by atoms with van der Waals surface area (Å²) in [6, 6.07) is 10.7. The van der Waals surface area contributed by atoms with E-state index in [0.717, 1.165) is 25.5 Å². The van der Waals surface area contributed by atoms with Crippen LogP contribution in [-0.4, -0.2) is 39.8 Å². The van der Waals surface area contributed by atoms with Gasteiger partial charge < -0.3 is 15.4 Å². The average Bonchev–Trinajstić information content (AvgIpc) is 3.24. The predicted octanol–water partition coefficient (Wildman–Crippen LogP) is 2.44. The molecule has 0 aromatic heterocycles. The Morgan fingerprint density at radius 1 is 1.24 bits per heavy atom. The molecule has 118 valence electrons. The van der Waals surface area contributed by atoms with Gasteiger partial charge in [0, 0.05) is 27.2 Å². The summed E-state index contributed by atoms with van der Waals surface area (Å²) in [5.74, 6) is 0.862. The number of guanidine groups is 1. The fourth-order valence-electron chi connectivity index (χ4n) is 2.39. The number of methoxy groups -OCH3 is 1. The molecule has 0 amide bonds. The van der Waals surface area contributed by atoms with E-state index in [2.05, 4.69) is 46.0 Å². The second kappa shape index (κ2) is 9.25. The standard InChI is InChI=1S/C16H25N3O.HI/c1-17-15(18-10-11-20-2)19-13-16(8-9-16)12-14-6-4-3-5-7-14;/h3-7H,8-13H2,1-2H3,(H2,17,18,19);1H. The van der Waals surface area contributed by atoms with Crippen LogP contribution in [0.25, 0.3) is 0 Å². The second-order valence-electron chi connectivity index (χ2n) is 5.51. The minimum atomic E-state index is 0. The zero-order valence-corrected chi connectivity index (χ0v) is 15.2. The van der Waals surface area contributed by atoms with Crippen molar-refractivity contribution in [1.29, 1.82) is 0 Å². The molecule has 0 spiro atoms. The highest BCUT2D eigenvalue weighted by atomic mass is 127. The number of hydrogen-bond acceptors (Lipinski definition) is 2. The van der Waals surface area contributed by atoms with E-state index < -0.39 is 0 Å². The van der Waals surface area contributed by atoms with Crippen LogP contribution in [0.4, 0.5) is 0 Å². The molecule has 0 atom stereocenters. The summed E-state index contributed by atoms with van der Waals surface area (Å²) in [5.41, 5.74) is 1.84. The Hall–Kier alpha value is -0.820. The van der Waals surface area contributed by atoms with Crippen LogP contribution in [0.5, 0.6) is 0 Å². The SMILES string of the molecule is CN=C(NCCOC)NCC1(Cc2ccccc2)CC1.I. The lowest BCUT2D eigenvalue weighted by Gasteiger charge is -2.18. The van der Waals surface area contributed by atoms with Gasteiger partial charge in [0.1, 0.15) is 0 Å². The molecular weight excluding hydrogens is 377 g/mol. The van der Waals surface area contributed by atoms with Crippen LogP contribution in [0.1, 0.15) is 18.4 Å². The third kappa shape index (κ3) is 6.22. The summed E-state index contributed by atoms with van der Waals surface area (Å²) in [7, 11) is 3.51. The molecule has 1 aliphatic carbocycles. The summed E-state index contributed by atoms with van der Waals surface area (Å²) >= 11 is 0. The van der Waals surface area contributed by atoms with Crippen LogP contribution in [0.15, 0.2) is 35.3 Å². The molecule has 1 fully saturated rings. The summed E-state index contributed by atoms with van der Waals surface area (Å²) in [4.78, 5) is 4.24. The highest BCUT2D eigenvalue weighted by Gasteiger charge is 2.42. The smallest absolute Gasteiger partial charge is 0.191 e. The fourth-order valence-corrected chi connectivity index (χ4v) is 2.39. The van der Waals surface area contributed by atoms with Gasteiger partial charge in [-0.2, -0.15) is 0 Å². The van der Waals surface area contributed by atoms with Crippen molar-refractivity contribution in [2.45, 2.75) is 19.3 Å². The molecule has 21 heavy (non-hydrogen) atoms. The Morgan fingerprint density at radius 3 is 2.52 bits per heavy atom. The Labute approximate surface area is 144 Å². The average molecular weight is 403 g/mol. The lowest BCUT2D eigenvalue weighted by molar-refractivity contribution is 0.203. The molecule has 0 bridgehead atoms. The van der Waals surface area contributed by atoms with Gasteiger partial charge in [-0.05, 0) is 30.2 Å². The van der Waals surface area contributed by atoms with Gasteiger partial charge in [-0.3, -0.25) is 4.99 Å². The third-order valence-electron chi connectivity index (χ3n) is 3.83. The maximum absolute atomic E-state index is 5.03. The van der Waals surface area contributed by atoms with Crippen LogP contribution < -0.4 is 10.6 Å². The third-order valence-corrected chi connectivity index (χ3v) is 3.83. The Bertz CT molecular complexity index is 432. The highest BCUT2D eigenvalue weighted by Crippen LogP contribution is 2.47. The molecule has 0 radical (unpaired) electrons. The van der Waals surface area contributed by atoms with E-state index in [1.807, 2.05) is 0 Å². The highest BCUT2D eigenvalue weighted by molar-refractivity contribution is 14.0. The topological polar surface area (TPSA) is 45.7 Å². The molecular formula is C16H26IN3O.